The highest BCUT2D eigenvalue weighted by atomic mass is 17.3. The molecular weight excluding hydrogens is 248 g/mol. The van der Waals surface area contributed by atoms with Gasteiger partial charge in [-0.25, -0.2) is 19.5 Å². The summed E-state index contributed by atoms with van der Waals surface area (Å²) in [6, 6.07) is 0. The van der Waals surface area contributed by atoms with Gasteiger partial charge in [-0.15, -0.1) is 0 Å². The standard InChI is InChI=1S/C10H18O8/c1-10(2,3)18-15-7-5-4-6-14-9(13)17-16-8(11)12/h4-7H2,1-3H3,(H,11,12). The van der Waals surface area contributed by atoms with Gasteiger partial charge in [0.2, 0.25) is 0 Å². The van der Waals surface area contributed by atoms with Crippen molar-refractivity contribution in [1.29, 1.82) is 0 Å². The van der Waals surface area contributed by atoms with Gasteiger partial charge in [-0.1, -0.05) is 0 Å². The molecule has 0 atom stereocenters. The van der Waals surface area contributed by atoms with Crippen molar-refractivity contribution >= 4 is 12.3 Å². The average Bonchev–Trinajstić information content (AvgIpc) is 2.23. The molecule has 0 fully saturated rings. The van der Waals surface area contributed by atoms with E-state index in [2.05, 4.69) is 14.5 Å². The van der Waals surface area contributed by atoms with Crippen molar-refractivity contribution in [1.82, 2.24) is 0 Å². The number of carbonyl (C=O) groups excluding carboxylic acids is 1. The van der Waals surface area contributed by atoms with Crippen LogP contribution in [0.5, 0.6) is 0 Å². The second-order valence-corrected chi connectivity index (χ2v) is 4.26. The third-order valence-corrected chi connectivity index (χ3v) is 1.33. The smallest absolute Gasteiger partial charge is 0.447 e. The van der Waals surface area contributed by atoms with Gasteiger partial charge < -0.3 is 9.84 Å². The summed E-state index contributed by atoms with van der Waals surface area (Å²) in [5, 5.41) is 8.01. The zero-order valence-electron chi connectivity index (χ0n) is 10.6. The number of carboxylic acid groups (broad SMARTS) is 1. The molecule has 8 nitrogen and oxygen atoms in total. The maximum atomic E-state index is 10.7. The van der Waals surface area contributed by atoms with Crippen LogP contribution in [-0.2, 0) is 24.3 Å². The Morgan fingerprint density at radius 3 is 2.22 bits per heavy atom. The molecule has 0 aromatic heterocycles. The predicted molar refractivity (Wildman–Crippen MR) is 57.6 cm³/mol. The van der Waals surface area contributed by atoms with E-state index in [1.165, 1.54) is 0 Å². The molecule has 0 unspecified atom stereocenters. The van der Waals surface area contributed by atoms with Gasteiger partial charge in [0.15, 0.2) is 0 Å². The summed E-state index contributed by atoms with van der Waals surface area (Å²) in [4.78, 5) is 37.7. The fourth-order valence-corrected chi connectivity index (χ4v) is 0.731. The van der Waals surface area contributed by atoms with Crippen molar-refractivity contribution in [3.63, 3.8) is 0 Å². The van der Waals surface area contributed by atoms with Crippen LogP contribution in [-0.4, -0.2) is 36.2 Å². The van der Waals surface area contributed by atoms with E-state index in [4.69, 9.17) is 14.9 Å². The van der Waals surface area contributed by atoms with Gasteiger partial charge in [0.25, 0.3) is 0 Å². The molecule has 106 valence electrons. The minimum absolute atomic E-state index is 0.0701. The summed E-state index contributed by atoms with van der Waals surface area (Å²) >= 11 is 0. The molecule has 0 amide bonds. The van der Waals surface area contributed by atoms with Crippen molar-refractivity contribution in [2.24, 2.45) is 0 Å². The van der Waals surface area contributed by atoms with Gasteiger partial charge in [-0.05, 0) is 33.6 Å². The van der Waals surface area contributed by atoms with E-state index in [1.54, 1.807) is 0 Å². The minimum Gasteiger partial charge on any atom is -0.447 e. The lowest BCUT2D eigenvalue weighted by molar-refractivity contribution is -0.348. The Bertz CT molecular complexity index is 257. The molecule has 0 saturated carbocycles. The lowest BCUT2D eigenvalue weighted by Crippen LogP contribution is -2.19. The fourth-order valence-electron chi connectivity index (χ4n) is 0.731. The Balaban J connectivity index is 3.30. The lowest BCUT2D eigenvalue weighted by Gasteiger charge is -2.17. The molecule has 8 heteroatoms. The molecule has 0 aromatic rings. The topological polar surface area (TPSA) is 101 Å². The van der Waals surface area contributed by atoms with Crippen LogP contribution < -0.4 is 0 Å². The SMILES string of the molecule is CC(C)(C)OOCCCCOC(=O)OOC(=O)O. The van der Waals surface area contributed by atoms with Crippen molar-refractivity contribution < 1.29 is 39.0 Å². The number of rotatable bonds is 6. The van der Waals surface area contributed by atoms with Crippen LogP contribution >= 0.6 is 0 Å². The molecule has 0 aliphatic rings. The highest BCUT2D eigenvalue weighted by molar-refractivity contribution is 5.62. The van der Waals surface area contributed by atoms with Gasteiger partial charge in [0.1, 0.15) is 0 Å². The van der Waals surface area contributed by atoms with E-state index in [9.17, 15) is 9.59 Å². The Kier molecular flexibility index (Phi) is 7.81. The first-order valence-electron chi connectivity index (χ1n) is 5.36. The monoisotopic (exact) mass is 266 g/mol. The summed E-state index contributed by atoms with van der Waals surface area (Å²) in [6.45, 7) is 6.00. The quantitative estimate of drug-likeness (QED) is 0.338. The molecule has 0 aromatic carbocycles. The van der Waals surface area contributed by atoms with E-state index in [-0.39, 0.29) is 12.2 Å². The third kappa shape index (κ3) is 12.5. The van der Waals surface area contributed by atoms with E-state index >= 15 is 0 Å². The number of hydrogen-bond acceptors (Lipinski definition) is 7. The molecule has 18 heavy (non-hydrogen) atoms. The molecular formula is C10H18O8. The minimum atomic E-state index is -1.72. The van der Waals surface area contributed by atoms with Crippen LogP contribution in [0.2, 0.25) is 0 Å². The first-order chi connectivity index (χ1) is 8.31. The van der Waals surface area contributed by atoms with Crippen molar-refractivity contribution in [2.75, 3.05) is 13.2 Å². The highest BCUT2D eigenvalue weighted by Crippen LogP contribution is 2.07. The molecule has 0 heterocycles. The molecule has 0 saturated heterocycles. The van der Waals surface area contributed by atoms with E-state index in [1.807, 2.05) is 20.8 Å². The molecule has 0 radical (unpaired) electrons. The van der Waals surface area contributed by atoms with Gasteiger partial charge in [0.05, 0.1) is 18.8 Å². The zero-order valence-corrected chi connectivity index (χ0v) is 10.6. The third-order valence-electron chi connectivity index (χ3n) is 1.33. The van der Waals surface area contributed by atoms with Crippen LogP contribution in [0.4, 0.5) is 9.59 Å². The average molecular weight is 266 g/mol. The van der Waals surface area contributed by atoms with Crippen LogP contribution in [0.3, 0.4) is 0 Å². The van der Waals surface area contributed by atoms with E-state index in [0.29, 0.717) is 19.4 Å². The summed E-state index contributed by atoms with van der Waals surface area (Å²) < 4.78 is 4.49. The predicted octanol–water partition coefficient (Wildman–Crippen LogP) is 2.28. The van der Waals surface area contributed by atoms with Gasteiger partial charge >= 0.3 is 12.3 Å². The van der Waals surface area contributed by atoms with Crippen LogP contribution in [0.15, 0.2) is 0 Å². The number of hydrogen-bond donors (Lipinski definition) is 1. The molecule has 0 aliphatic heterocycles. The Morgan fingerprint density at radius 1 is 1.06 bits per heavy atom. The largest absolute Gasteiger partial charge is 0.549 e. The fraction of sp³-hybridized carbons (Fsp3) is 0.800. The zero-order chi connectivity index (χ0) is 14.0. The molecule has 1 N–H and O–H groups in total. The normalized spacial score (nSPS) is 10.8. The number of ether oxygens (including phenoxy) is 1. The summed E-state index contributed by atoms with van der Waals surface area (Å²) in [6.07, 6.45) is -1.79. The second kappa shape index (κ2) is 8.54. The van der Waals surface area contributed by atoms with Crippen LogP contribution in [0.25, 0.3) is 0 Å². The van der Waals surface area contributed by atoms with Crippen molar-refractivity contribution in [3.05, 3.63) is 0 Å². The van der Waals surface area contributed by atoms with Gasteiger partial charge in [0, 0.05) is 0 Å². The maximum Gasteiger partial charge on any atom is 0.549 e. The molecule has 0 spiro atoms. The van der Waals surface area contributed by atoms with Crippen molar-refractivity contribution in [3.8, 4) is 0 Å². The Labute approximate surface area is 105 Å². The summed E-state index contributed by atoms with van der Waals surface area (Å²) in [5.41, 5.74) is -0.367. The van der Waals surface area contributed by atoms with Crippen molar-refractivity contribution in [2.45, 2.75) is 39.2 Å². The first-order valence-corrected chi connectivity index (χ1v) is 5.36. The molecule has 0 rings (SSSR count). The van der Waals surface area contributed by atoms with Crippen LogP contribution in [0, 0.1) is 0 Å². The Hall–Kier alpha value is -1.54. The Morgan fingerprint density at radius 2 is 1.67 bits per heavy atom. The highest BCUT2D eigenvalue weighted by Gasteiger charge is 2.11. The molecule has 0 aliphatic carbocycles. The van der Waals surface area contributed by atoms with E-state index < -0.39 is 12.3 Å². The first kappa shape index (κ1) is 16.5. The number of unbranched alkanes of at least 4 members (excludes halogenated alkanes) is 1. The summed E-state index contributed by atoms with van der Waals surface area (Å²) in [7, 11) is 0. The van der Waals surface area contributed by atoms with E-state index in [0.717, 1.165) is 0 Å². The molecule has 0 bridgehead atoms. The van der Waals surface area contributed by atoms with Crippen LogP contribution in [0.1, 0.15) is 33.6 Å². The summed E-state index contributed by atoms with van der Waals surface area (Å²) in [5.74, 6) is 0. The van der Waals surface area contributed by atoms with Gasteiger partial charge in [-0.2, -0.15) is 9.68 Å². The number of carbonyl (C=O) groups is 2. The lowest BCUT2D eigenvalue weighted by atomic mass is 10.2. The maximum absolute atomic E-state index is 10.7. The second-order valence-electron chi connectivity index (χ2n) is 4.26. The van der Waals surface area contributed by atoms with Gasteiger partial charge in [-0.3, -0.25) is 0 Å².